The Morgan fingerprint density at radius 3 is 2.57 bits per heavy atom. The quantitative estimate of drug-likeness (QED) is 0.604. The van der Waals surface area contributed by atoms with Gasteiger partial charge in [0.05, 0.1) is 24.6 Å². The predicted octanol–water partition coefficient (Wildman–Crippen LogP) is 3.06. The van der Waals surface area contributed by atoms with Gasteiger partial charge in [-0.05, 0) is 49.2 Å². The third kappa shape index (κ3) is 3.65. The van der Waals surface area contributed by atoms with Crippen molar-refractivity contribution < 1.29 is 19.1 Å². The molecule has 37 heavy (non-hydrogen) atoms. The van der Waals surface area contributed by atoms with E-state index in [1.807, 2.05) is 32.0 Å². The van der Waals surface area contributed by atoms with Crippen LogP contribution in [0.2, 0.25) is 0 Å². The number of ether oxygens (including phenoxy) is 1. The van der Waals surface area contributed by atoms with Crippen LogP contribution in [0.1, 0.15) is 38.8 Å². The number of anilines is 3. The van der Waals surface area contributed by atoms with Crippen LogP contribution in [0.3, 0.4) is 0 Å². The van der Waals surface area contributed by atoms with Crippen molar-refractivity contribution in [2.75, 3.05) is 34.9 Å². The Balaban J connectivity index is 1.25. The molecule has 0 spiro atoms. The molecule has 2 aromatic rings. The summed E-state index contributed by atoms with van der Waals surface area (Å²) < 4.78 is 5.46. The molecule has 1 aliphatic carbocycles. The second-order valence-electron chi connectivity index (χ2n) is 11.7. The number of imide groups is 1. The summed E-state index contributed by atoms with van der Waals surface area (Å²) in [4.78, 5) is 48.0. The van der Waals surface area contributed by atoms with Crippen LogP contribution in [-0.4, -0.2) is 59.2 Å². The van der Waals surface area contributed by atoms with Gasteiger partial charge in [0.1, 0.15) is 11.4 Å². The number of nitrogens with one attached hydrogen (secondary N) is 1. The molecule has 2 atom stereocenters. The molecule has 3 aliphatic heterocycles. The number of primary amides is 1. The summed E-state index contributed by atoms with van der Waals surface area (Å²) in [7, 11) is 0. The monoisotopic (exact) mass is 504 g/mol. The summed E-state index contributed by atoms with van der Waals surface area (Å²) in [5.41, 5.74) is 7.18. The number of rotatable bonds is 5. The van der Waals surface area contributed by atoms with Gasteiger partial charge in [0.25, 0.3) is 5.91 Å². The molecule has 10 nitrogen and oxygen atoms in total. The molecule has 4 heterocycles. The number of hydrogen-bond donors (Lipinski definition) is 2. The number of fused-ring (bicyclic) bond motifs is 2. The van der Waals surface area contributed by atoms with Gasteiger partial charge >= 0.3 is 12.1 Å². The Kier molecular flexibility index (Phi) is 5.08. The lowest BCUT2D eigenvalue weighted by Gasteiger charge is -2.27. The highest BCUT2D eigenvalue weighted by Gasteiger charge is 2.54. The van der Waals surface area contributed by atoms with Gasteiger partial charge in [-0.2, -0.15) is 0 Å². The number of hydrogen-bond acceptors (Lipinski definition) is 6. The van der Waals surface area contributed by atoms with Crippen molar-refractivity contribution in [2.45, 2.75) is 51.2 Å². The lowest BCUT2D eigenvalue weighted by atomic mass is 9.87. The maximum Gasteiger partial charge on any atom is 0.332 e. The molecule has 5 amide bonds. The van der Waals surface area contributed by atoms with E-state index >= 15 is 0 Å². The summed E-state index contributed by atoms with van der Waals surface area (Å²) in [5.74, 6) is 1.52. The zero-order valence-corrected chi connectivity index (χ0v) is 21.5. The van der Waals surface area contributed by atoms with Crippen LogP contribution in [0.4, 0.5) is 26.8 Å². The molecule has 1 saturated carbocycles. The van der Waals surface area contributed by atoms with E-state index in [0.717, 1.165) is 30.2 Å². The lowest BCUT2D eigenvalue weighted by molar-refractivity contribution is -0.123. The van der Waals surface area contributed by atoms with Gasteiger partial charge in [-0.25, -0.2) is 19.5 Å². The van der Waals surface area contributed by atoms with E-state index in [1.165, 1.54) is 9.80 Å². The summed E-state index contributed by atoms with van der Waals surface area (Å²) in [6, 6.07) is 8.58. The second kappa shape index (κ2) is 7.92. The van der Waals surface area contributed by atoms with Gasteiger partial charge in [-0.3, -0.25) is 9.69 Å². The van der Waals surface area contributed by atoms with Crippen molar-refractivity contribution in [3.8, 4) is 0 Å². The molecule has 6 rings (SSSR count). The van der Waals surface area contributed by atoms with E-state index in [0.29, 0.717) is 35.8 Å². The van der Waals surface area contributed by atoms with Crippen LogP contribution in [-0.2, 0) is 21.5 Å². The van der Waals surface area contributed by atoms with Crippen molar-refractivity contribution in [1.29, 1.82) is 0 Å². The topological polar surface area (TPSA) is 121 Å². The van der Waals surface area contributed by atoms with Crippen LogP contribution < -0.4 is 20.9 Å². The van der Waals surface area contributed by atoms with Crippen molar-refractivity contribution in [3.05, 3.63) is 47.7 Å². The highest BCUT2D eigenvalue weighted by molar-refractivity contribution is 6.23. The van der Waals surface area contributed by atoms with Crippen molar-refractivity contribution in [1.82, 2.24) is 9.88 Å². The van der Waals surface area contributed by atoms with Gasteiger partial charge in [0.2, 0.25) is 0 Å². The first-order valence-electron chi connectivity index (χ1n) is 12.7. The number of nitrogens with zero attached hydrogens (tertiary/aromatic N) is 4. The average molecular weight is 505 g/mol. The summed E-state index contributed by atoms with van der Waals surface area (Å²) >= 11 is 0. The normalized spacial score (nSPS) is 26.9. The third-order valence-corrected chi connectivity index (χ3v) is 8.33. The zero-order valence-electron chi connectivity index (χ0n) is 21.5. The molecule has 4 aliphatic rings. The second-order valence-corrected chi connectivity index (χ2v) is 11.7. The highest BCUT2D eigenvalue weighted by atomic mass is 16.5. The zero-order chi connectivity index (χ0) is 26.3. The lowest BCUT2D eigenvalue weighted by Crippen LogP contribution is -2.43. The third-order valence-electron chi connectivity index (χ3n) is 8.33. The van der Waals surface area contributed by atoms with E-state index in [4.69, 9.17) is 10.5 Å². The molecule has 1 aromatic heterocycles. The van der Waals surface area contributed by atoms with Crippen molar-refractivity contribution in [2.24, 2.45) is 17.6 Å². The summed E-state index contributed by atoms with van der Waals surface area (Å²) in [6.07, 6.45) is 1.72. The summed E-state index contributed by atoms with van der Waals surface area (Å²) in [5, 5.41) is 3.49. The van der Waals surface area contributed by atoms with Gasteiger partial charge in [0.15, 0.2) is 0 Å². The Morgan fingerprint density at radius 1 is 1.14 bits per heavy atom. The molecule has 3 fully saturated rings. The Hall–Kier alpha value is -3.66. The molecular weight excluding hydrogens is 472 g/mol. The van der Waals surface area contributed by atoms with E-state index < -0.39 is 17.6 Å². The SMILES string of the molecule is CC1(C)CN(C(N)=O)c2cc(N3C(=O)N(Cc4ccnc(NC5C6COCC65)c4)C(C)(C)C3=O)ccc21. The minimum Gasteiger partial charge on any atom is -0.381 e. The van der Waals surface area contributed by atoms with Gasteiger partial charge in [-0.15, -0.1) is 0 Å². The number of benzene rings is 1. The maximum absolute atomic E-state index is 13.7. The van der Waals surface area contributed by atoms with E-state index in [9.17, 15) is 14.4 Å². The molecule has 10 heteroatoms. The molecule has 2 unspecified atom stereocenters. The van der Waals surface area contributed by atoms with Gasteiger partial charge < -0.3 is 20.7 Å². The number of amides is 5. The number of carbonyl (C=O) groups is 3. The predicted molar refractivity (Wildman–Crippen MR) is 138 cm³/mol. The van der Waals surface area contributed by atoms with Crippen molar-refractivity contribution in [3.63, 3.8) is 0 Å². The molecular formula is C27H32N6O4. The molecule has 1 aromatic carbocycles. The smallest absolute Gasteiger partial charge is 0.332 e. The molecule has 3 N–H and O–H groups in total. The Bertz CT molecular complexity index is 1310. The number of aromatic nitrogens is 1. The Labute approximate surface area is 215 Å². The average Bonchev–Trinajstić information content (AvgIpc) is 3.11. The van der Waals surface area contributed by atoms with E-state index in [-0.39, 0.29) is 17.9 Å². The fourth-order valence-corrected chi connectivity index (χ4v) is 6.00. The number of urea groups is 2. The van der Waals surface area contributed by atoms with Crippen LogP contribution in [0.5, 0.6) is 0 Å². The largest absolute Gasteiger partial charge is 0.381 e. The van der Waals surface area contributed by atoms with Crippen LogP contribution in [0.25, 0.3) is 0 Å². The minimum atomic E-state index is -1.06. The summed E-state index contributed by atoms with van der Waals surface area (Å²) in [6.45, 7) is 9.85. The number of nitrogens with two attached hydrogens (primary N) is 1. The number of pyridine rings is 1. The number of carbonyl (C=O) groups excluding carboxylic acids is 3. The van der Waals surface area contributed by atoms with E-state index in [1.54, 1.807) is 37.1 Å². The standard InChI is InChI=1S/C27H32N6O4/c1-26(2)14-31(24(28)35)20-10-16(5-6-19(20)26)33-23(34)27(3,4)32(25(33)36)11-15-7-8-29-21(9-15)30-22-17-12-37-13-18(17)22/h5-10,17-18,22H,11-14H2,1-4H3,(H2,28,35)(H,29,30). The Morgan fingerprint density at radius 2 is 1.86 bits per heavy atom. The maximum atomic E-state index is 13.7. The highest BCUT2D eigenvalue weighted by Crippen LogP contribution is 2.46. The van der Waals surface area contributed by atoms with E-state index in [2.05, 4.69) is 10.3 Å². The first-order valence-corrected chi connectivity index (χ1v) is 12.7. The molecule has 194 valence electrons. The fourth-order valence-electron chi connectivity index (χ4n) is 6.00. The van der Waals surface area contributed by atoms with Gasteiger partial charge in [-0.1, -0.05) is 19.9 Å². The minimum absolute atomic E-state index is 0.261. The van der Waals surface area contributed by atoms with Crippen LogP contribution >= 0.6 is 0 Å². The van der Waals surface area contributed by atoms with Crippen LogP contribution in [0.15, 0.2) is 36.5 Å². The first kappa shape index (κ1) is 23.7. The first-order chi connectivity index (χ1) is 17.5. The van der Waals surface area contributed by atoms with Crippen molar-refractivity contribution >= 4 is 35.2 Å². The molecule has 0 radical (unpaired) electrons. The molecule has 2 saturated heterocycles. The van der Waals surface area contributed by atoms with Crippen LogP contribution in [0, 0.1) is 11.8 Å². The molecule has 0 bridgehead atoms. The van der Waals surface area contributed by atoms with Gasteiger partial charge in [0, 0.05) is 42.6 Å². The fraction of sp³-hybridized carbons (Fsp3) is 0.481.